The molecule has 0 aromatic heterocycles. The van der Waals surface area contributed by atoms with Gasteiger partial charge in [0, 0.05) is 12.2 Å². The number of aromatic hydroxyl groups is 1. The summed E-state index contributed by atoms with van der Waals surface area (Å²) in [4.78, 5) is 0. The summed E-state index contributed by atoms with van der Waals surface area (Å²) in [5, 5.41) is 13.0. The lowest BCUT2D eigenvalue weighted by Gasteiger charge is -2.10. The molecule has 0 saturated carbocycles. The number of nitrogens with one attached hydrogen (secondary N) is 1. The van der Waals surface area contributed by atoms with Gasteiger partial charge in [0.2, 0.25) is 0 Å². The van der Waals surface area contributed by atoms with E-state index in [1.165, 1.54) is 0 Å². The molecule has 0 heterocycles. The Morgan fingerprint density at radius 3 is 2.33 bits per heavy atom. The van der Waals surface area contributed by atoms with Crippen LogP contribution in [0.2, 0.25) is 0 Å². The van der Waals surface area contributed by atoms with Gasteiger partial charge >= 0.3 is 0 Å². The third-order valence-corrected chi connectivity index (χ3v) is 2.99. The molecule has 2 rings (SSSR count). The van der Waals surface area contributed by atoms with Crippen LogP contribution in [0.4, 0.5) is 5.69 Å². The first kappa shape index (κ1) is 15.0. The van der Waals surface area contributed by atoms with Crippen LogP contribution in [0.15, 0.2) is 42.5 Å². The lowest BCUT2D eigenvalue weighted by atomic mass is 10.2. The maximum absolute atomic E-state index is 9.67. The van der Waals surface area contributed by atoms with Gasteiger partial charge in [-0.05, 0) is 55.8 Å². The predicted molar refractivity (Wildman–Crippen MR) is 84.2 cm³/mol. The summed E-state index contributed by atoms with van der Waals surface area (Å²) in [6.45, 7) is 5.72. The first-order valence-corrected chi connectivity index (χ1v) is 7.14. The van der Waals surface area contributed by atoms with Crippen LogP contribution in [0.5, 0.6) is 17.2 Å². The number of phenols is 1. The van der Waals surface area contributed by atoms with Gasteiger partial charge in [0.05, 0.1) is 13.2 Å². The van der Waals surface area contributed by atoms with Gasteiger partial charge in [0.25, 0.3) is 0 Å². The molecule has 0 radical (unpaired) electrons. The van der Waals surface area contributed by atoms with Crippen molar-refractivity contribution in [2.24, 2.45) is 0 Å². The van der Waals surface area contributed by atoms with Gasteiger partial charge in [0.1, 0.15) is 5.75 Å². The van der Waals surface area contributed by atoms with Crippen molar-refractivity contribution < 1.29 is 14.6 Å². The minimum atomic E-state index is 0.168. The van der Waals surface area contributed by atoms with Crippen LogP contribution in [0.25, 0.3) is 0 Å². The van der Waals surface area contributed by atoms with E-state index in [9.17, 15) is 5.11 Å². The zero-order chi connectivity index (χ0) is 15.1. The van der Waals surface area contributed by atoms with E-state index in [1.54, 1.807) is 6.07 Å². The van der Waals surface area contributed by atoms with Crippen molar-refractivity contribution >= 4 is 5.69 Å². The second-order valence-corrected chi connectivity index (χ2v) is 4.55. The monoisotopic (exact) mass is 287 g/mol. The summed E-state index contributed by atoms with van der Waals surface area (Å²) in [7, 11) is 0. The standard InChI is InChI=1S/C17H21NO3/c1-3-20-15-8-6-14(7-9-15)18-12-13-5-10-16(19)17(11-13)21-4-2/h5-11,18-19H,3-4,12H2,1-2H3. The van der Waals surface area contributed by atoms with Gasteiger partial charge in [-0.15, -0.1) is 0 Å². The third kappa shape index (κ3) is 4.31. The Morgan fingerprint density at radius 2 is 1.67 bits per heavy atom. The maximum Gasteiger partial charge on any atom is 0.161 e. The number of ether oxygens (including phenoxy) is 2. The molecule has 0 atom stereocenters. The van der Waals surface area contributed by atoms with Crippen molar-refractivity contribution in [3.63, 3.8) is 0 Å². The van der Waals surface area contributed by atoms with E-state index in [0.29, 0.717) is 25.5 Å². The summed E-state index contributed by atoms with van der Waals surface area (Å²) in [6, 6.07) is 13.2. The average molecular weight is 287 g/mol. The van der Waals surface area contributed by atoms with E-state index in [1.807, 2.05) is 50.2 Å². The first-order valence-electron chi connectivity index (χ1n) is 7.14. The van der Waals surface area contributed by atoms with E-state index >= 15 is 0 Å². The summed E-state index contributed by atoms with van der Waals surface area (Å²) in [6.07, 6.45) is 0. The molecule has 2 aromatic rings. The number of rotatable bonds is 7. The lowest BCUT2D eigenvalue weighted by Crippen LogP contribution is -2.00. The molecule has 0 bridgehead atoms. The molecule has 0 amide bonds. The average Bonchev–Trinajstić information content (AvgIpc) is 2.50. The Labute approximate surface area is 125 Å². The highest BCUT2D eigenvalue weighted by molar-refractivity contribution is 5.48. The number of anilines is 1. The molecule has 2 aromatic carbocycles. The normalized spacial score (nSPS) is 10.2. The number of phenolic OH excluding ortho intramolecular Hbond substituents is 1. The smallest absolute Gasteiger partial charge is 0.161 e. The van der Waals surface area contributed by atoms with Crippen molar-refractivity contribution in [3.8, 4) is 17.2 Å². The highest BCUT2D eigenvalue weighted by Crippen LogP contribution is 2.27. The van der Waals surface area contributed by atoms with Crippen molar-refractivity contribution in [1.82, 2.24) is 0 Å². The molecule has 0 spiro atoms. The highest BCUT2D eigenvalue weighted by atomic mass is 16.5. The molecule has 0 fully saturated rings. The predicted octanol–water partition coefficient (Wildman–Crippen LogP) is 3.80. The van der Waals surface area contributed by atoms with Crippen LogP contribution >= 0.6 is 0 Å². The Morgan fingerprint density at radius 1 is 0.952 bits per heavy atom. The van der Waals surface area contributed by atoms with Crippen LogP contribution in [0.1, 0.15) is 19.4 Å². The van der Waals surface area contributed by atoms with Crippen LogP contribution in [-0.4, -0.2) is 18.3 Å². The highest BCUT2D eigenvalue weighted by Gasteiger charge is 2.03. The first-order chi connectivity index (χ1) is 10.2. The molecular weight excluding hydrogens is 266 g/mol. The molecule has 4 nitrogen and oxygen atoms in total. The van der Waals surface area contributed by atoms with Gasteiger partial charge < -0.3 is 19.9 Å². The molecule has 112 valence electrons. The van der Waals surface area contributed by atoms with E-state index in [-0.39, 0.29) is 5.75 Å². The Kier molecular flexibility index (Phi) is 5.32. The Balaban J connectivity index is 1.97. The summed E-state index contributed by atoms with van der Waals surface area (Å²) in [5.74, 6) is 1.55. The van der Waals surface area contributed by atoms with Gasteiger partial charge in [-0.25, -0.2) is 0 Å². The van der Waals surface area contributed by atoms with Gasteiger partial charge in [-0.2, -0.15) is 0 Å². The largest absolute Gasteiger partial charge is 0.504 e. The topological polar surface area (TPSA) is 50.7 Å². The molecule has 0 unspecified atom stereocenters. The number of hydrogen-bond acceptors (Lipinski definition) is 4. The van der Waals surface area contributed by atoms with Crippen LogP contribution in [0.3, 0.4) is 0 Å². The van der Waals surface area contributed by atoms with Crippen LogP contribution in [0, 0.1) is 0 Å². The van der Waals surface area contributed by atoms with Gasteiger partial charge in [-0.3, -0.25) is 0 Å². The van der Waals surface area contributed by atoms with Gasteiger partial charge in [0.15, 0.2) is 11.5 Å². The van der Waals surface area contributed by atoms with E-state index in [0.717, 1.165) is 17.0 Å². The number of benzene rings is 2. The molecule has 0 aliphatic carbocycles. The molecule has 2 N–H and O–H groups in total. The zero-order valence-electron chi connectivity index (χ0n) is 12.4. The minimum Gasteiger partial charge on any atom is -0.504 e. The molecule has 0 aliphatic rings. The van der Waals surface area contributed by atoms with Crippen molar-refractivity contribution in [1.29, 1.82) is 0 Å². The second kappa shape index (κ2) is 7.43. The lowest BCUT2D eigenvalue weighted by molar-refractivity contribution is 0.318. The number of hydrogen-bond donors (Lipinski definition) is 2. The van der Waals surface area contributed by atoms with Gasteiger partial charge in [-0.1, -0.05) is 6.07 Å². The fraction of sp³-hybridized carbons (Fsp3) is 0.294. The third-order valence-electron chi connectivity index (χ3n) is 2.99. The van der Waals surface area contributed by atoms with Crippen LogP contribution in [-0.2, 0) is 6.54 Å². The van der Waals surface area contributed by atoms with Crippen LogP contribution < -0.4 is 14.8 Å². The summed E-state index contributed by atoms with van der Waals surface area (Å²) < 4.78 is 10.8. The zero-order valence-corrected chi connectivity index (χ0v) is 12.4. The van der Waals surface area contributed by atoms with Crippen molar-refractivity contribution in [2.45, 2.75) is 20.4 Å². The Bertz CT molecular complexity index is 567. The van der Waals surface area contributed by atoms with Crippen molar-refractivity contribution in [2.75, 3.05) is 18.5 Å². The van der Waals surface area contributed by atoms with E-state index in [4.69, 9.17) is 9.47 Å². The molecule has 0 aliphatic heterocycles. The second-order valence-electron chi connectivity index (χ2n) is 4.55. The fourth-order valence-electron chi connectivity index (χ4n) is 1.98. The molecular formula is C17H21NO3. The minimum absolute atomic E-state index is 0.168. The van der Waals surface area contributed by atoms with E-state index in [2.05, 4.69) is 5.32 Å². The SMILES string of the molecule is CCOc1ccc(NCc2ccc(O)c(OCC)c2)cc1. The van der Waals surface area contributed by atoms with E-state index < -0.39 is 0 Å². The summed E-state index contributed by atoms with van der Waals surface area (Å²) in [5.41, 5.74) is 2.06. The Hall–Kier alpha value is -2.36. The quantitative estimate of drug-likeness (QED) is 0.813. The fourth-order valence-corrected chi connectivity index (χ4v) is 1.98. The molecule has 0 saturated heterocycles. The molecule has 21 heavy (non-hydrogen) atoms. The maximum atomic E-state index is 9.67. The molecule has 4 heteroatoms. The van der Waals surface area contributed by atoms with Crippen molar-refractivity contribution in [3.05, 3.63) is 48.0 Å². The summed E-state index contributed by atoms with van der Waals surface area (Å²) >= 11 is 0.